The molecule has 1 atom stereocenters. The number of halogens is 1. The largest absolute Gasteiger partial charge is 0.323 e. The second-order valence-electron chi connectivity index (χ2n) is 6.92. The number of aryl methyl sites for hydroxylation is 3. The summed E-state index contributed by atoms with van der Waals surface area (Å²) in [4.78, 5) is 13.4. The van der Waals surface area contributed by atoms with Gasteiger partial charge >= 0.3 is 0 Å². The van der Waals surface area contributed by atoms with Crippen molar-refractivity contribution in [2.24, 2.45) is 5.73 Å². The van der Waals surface area contributed by atoms with Crippen LogP contribution in [0.25, 0.3) is 16.5 Å². The van der Waals surface area contributed by atoms with Gasteiger partial charge in [-0.25, -0.2) is 4.39 Å². The molecule has 1 heterocycles. The van der Waals surface area contributed by atoms with Crippen molar-refractivity contribution in [3.05, 3.63) is 75.0 Å². The highest BCUT2D eigenvalue weighted by Gasteiger charge is 2.25. The van der Waals surface area contributed by atoms with Crippen LogP contribution in [0.3, 0.4) is 0 Å². The third kappa shape index (κ3) is 2.40. The first-order chi connectivity index (χ1) is 12.0. The van der Waals surface area contributed by atoms with Gasteiger partial charge in [0.05, 0.1) is 11.1 Å². The first kappa shape index (κ1) is 16.0. The van der Waals surface area contributed by atoms with Crippen molar-refractivity contribution in [2.45, 2.75) is 39.2 Å². The van der Waals surface area contributed by atoms with Gasteiger partial charge in [-0.05, 0) is 73.4 Å². The van der Waals surface area contributed by atoms with E-state index in [1.807, 2.05) is 19.9 Å². The number of rotatable bonds is 2. The van der Waals surface area contributed by atoms with E-state index in [4.69, 9.17) is 5.73 Å². The Morgan fingerprint density at radius 1 is 1.16 bits per heavy atom. The van der Waals surface area contributed by atoms with Gasteiger partial charge in [0.1, 0.15) is 5.82 Å². The van der Waals surface area contributed by atoms with Crippen LogP contribution < -0.4 is 11.3 Å². The summed E-state index contributed by atoms with van der Waals surface area (Å²) >= 11 is 0. The maximum atomic E-state index is 13.8. The average molecular weight is 336 g/mol. The highest BCUT2D eigenvalue weighted by Crippen LogP contribution is 2.34. The minimum absolute atomic E-state index is 0.113. The molecule has 2 N–H and O–H groups in total. The molecule has 0 bridgehead atoms. The average Bonchev–Trinajstić information content (AvgIpc) is 2.58. The summed E-state index contributed by atoms with van der Waals surface area (Å²) in [5.74, 6) is -0.362. The molecule has 3 aromatic rings. The van der Waals surface area contributed by atoms with Crippen molar-refractivity contribution >= 4 is 10.8 Å². The molecule has 0 saturated heterocycles. The maximum absolute atomic E-state index is 13.8. The van der Waals surface area contributed by atoms with Gasteiger partial charge in [0.2, 0.25) is 0 Å². The summed E-state index contributed by atoms with van der Waals surface area (Å²) in [6.45, 7) is 3.84. The molecule has 0 fully saturated rings. The van der Waals surface area contributed by atoms with Crippen molar-refractivity contribution in [1.82, 2.24) is 4.57 Å². The monoisotopic (exact) mass is 336 g/mol. The number of aromatic nitrogens is 1. The number of hydrogen-bond acceptors (Lipinski definition) is 2. The maximum Gasteiger partial charge on any atom is 0.263 e. The first-order valence-electron chi connectivity index (χ1n) is 8.70. The van der Waals surface area contributed by atoms with Crippen LogP contribution in [-0.2, 0) is 12.8 Å². The molecular weight excluding hydrogens is 315 g/mol. The van der Waals surface area contributed by atoms with E-state index in [0.29, 0.717) is 5.69 Å². The molecule has 0 unspecified atom stereocenters. The van der Waals surface area contributed by atoms with Crippen LogP contribution in [0.5, 0.6) is 0 Å². The lowest BCUT2D eigenvalue weighted by molar-refractivity contribution is 0.624. The molecule has 128 valence electrons. The predicted molar refractivity (Wildman–Crippen MR) is 98.9 cm³/mol. The smallest absolute Gasteiger partial charge is 0.263 e. The molecule has 4 rings (SSSR count). The zero-order valence-electron chi connectivity index (χ0n) is 14.5. The molecular formula is C21H21FN2O. The molecule has 0 radical (unpaired) electrons. The topological polar surface area (TPSA) is 48.0 Å². The summed E-state index contributed by atoms with van der Waals surface area (Å²) < 4.78 is 15.4. The van der Waals surface area contributed by atoms with Crippen molar-refractivity contribution in [1.29, 1.82) is 0 Å². The number of nitrogens with zero attached hydrogens (tertiary/aromatic N) is 1. The SMILES string of the molecule is Cc1ccc2c3c(c([C@H](C)N)n(-c4cccc(F)c4)c(=O)c13)CCC2. The Hall–Kier alpha value is -2.46. The van der Waals surface area contributed by atoms with Gasteiger partial charge in [-0.1, -0.05) is 18.2 Å². The van der Waals surface area contributed by atoms with Crippen molar-refractivity contribution in [3.63, 3.8) is 0 Å². The van der Waals surface area contributed by atoms with Gasteiger partial charge in [-0.2, -0.15) is 0 Å². The van der Waals surface area contributed by atoms with Crippen molar-refractivity contribution in [3.8, 4) is 5.69 Å². The summed E-state index contributed by atoms with van der Waals surface area (Å²) in [5, 5.41) is 1.80. The quantitative estimate of drug-likeness (QED) is 0.770. The van der Waals surface area contributed by atoms with E-state index in [1.165, 1.54) is 17.7 Å². The summed E-state index contributed by atoms with van der Waals surface area (Å²) in [5.41, 5.74) is 10.8. The highest BCUT2D eigenvalue weighted by molar-refractivity contribution is 5.92. The van der Waals surface area contributed by atoms with Crippen LogP contribution in [0.1, 0.15) is 41.8 Å². The molecule has 0 aliphatic heterocycles. The second kappa shape index (κ2) is 5.81. The Labute approximate surface area is 145 Å². The lowest BCUT2D eigenvalue weighted by Crippen LogP contribution is -2.29. The molecule has 25 heavy (non-hydrogen) atoms. The fourth-order valence-corrected chi connectivity index (χ4v) is 4.12. The third-order valence-electron chi connectivity index (χ3n) is 5.14. The normalized spacial score (nSPS) is 14.7. The van der Waals surface area contributed by atoms with Crippen LogP contribution in [0, 0.1) is 12.7 Å². The van der Waals surface area contributed by atoms with E-state index >= 15 is 0 Å². The molecule has 0 saturated carbocycles. The highest BCUT2D eigenvalue weighted by atomic mass is 19.1. The van der Waals surface area contributed by atoms with Gasteiger partial charge in [0.25, 0.3) is 5.56 Å². The zero-order chi connectivity index (χ0) is 17.7. The molecule has 2 aromatic carbocycles. The summed E-state index contributed by atoms with van der Waals surface area (Å²) in [6.07, 6.45) is 2.90. The minimum atomic E-state index is -0.362. The Morgan fingerprint density at radius 3 is 2.68 bits per heavy atom. The Morgan fingerprint density at radius 2 is 1.96 bits per heavy atom. The van der Waals surface area contributed by atoms with E-state index in [-0.39, 0.29) is 17.4 Å². The second-order valence-corrected chi connectivity index (χ2v) is 6.92. The Kier molecular flexibility index (Phi) is 3.73. The third-order valence-corrected chi connectivity index (χ3v) is 5.14. The van der Waals surface area contributed by atoms with Crippen LogP contribution in [0.15, 0.2) is 41.2 Å². The standard InChI is InChI=1S/C21H21FN2O/c1-12-9-10-14-5-3-8-17-19(14)18(12)21(25)24(20(17)13(2)23)16-7-4-6-15(22)11-16/h4,6-7,9-11,13H,3,5,8,23H2,1-2H3/t13-/m0/s1. The number of hydrogen-bond donors (Lipinski definition) is 1. The lowest BCUT2D eigenvalue weighted by atomic mass is 9.85. The van der Waals surface area contributed by atoms with E-state index < -0.39 is 0 Å². The molecule has 0 amide bonds. The Bertz CT molecular complexity index is 1050. The fraction of sp³-hybridized carbons (Fsp3) is 0.286. The molecule has 1 aromatic heterocycles. The van der Waals surface area contributed by atoms with E-state index in [2.05, 4.69) is 6.07 Å². The lowest BCUT2D eigenvalue weighted by Gasteiger charge is -2.26. The number of pyridine rings is 1. The minimum Gasteiger partial charge on any atom is -0.323 e. The molecule has 4 heteroatoms. The van der Waals surface area contributed by atoms with Crippen molar-refractivity contribution in [2.75, 3.05) is 0 Å². The number of benzene rings is 2. The van der Waals surface area contributed by atoms with E-state index in [0.717, 1.165) is 46.9 Å². The molecule has 1 aliphatic carbocycles. The van der Waals surface area contributed by atoms with Gasteiger partial charge in [0, 0.05) is 11.7 Å². The zero-order valence-corrected chi connectivity index (χ0v) is 14.5. The summed E-state index contributed by atoms with van der Waals surface area (Å²) in [7, 11) is 0. The van der Waals surface area contributed by atoms with E-state index in [1.54, 1.807) is 16.7 Å². The predicted octanol–water partition coefficient (Wildman–Crippen LogP) is 3.95. The fourth-order valence-electron chi connectivity index (χ4n) is 4.12. The van der Waals surface area contributed by atoms with Crippen molar-refractivity contribution < 1.29 is 4.39 Å². The Balaban J connectivity index is 2.24. The summed E-state index contributed by atoms with van der Waals surface area (Å²) in [6, 6.07) is 9.98. The first-order valence-corrected chi connectivity index (χ1v) is 8.70. The number of nitrogens with two attached hydrogens (primary N) is 1. The molecule has 3 nitrogen and oxygen atoms in total. The van der Waals surface area contributed by atoms with E-state index in [9.17, 15) is 9.18 Å². The van der Waals surface area contributed by atoms with Crippen LogP contribution in [0.4, 0.5) is 4.39 Å². The van der Waals surface area contributed by atoms with Crippen LogP contribution in [-0.4, -0.2) is 4.57 Å². The van der Waals surface area contributed by atoms with Gasteiger partial charge < -0.3 is 5.73 Å². The molecule has 1 aliphatic rings. The van der Waals surface area contributed by atoms with Gasteiger partial charge in [-0.3, -0.25) is 9.36 Å². The van der Waals surface area contributed by atoms with Gasteiger partial charge in [-0.15, -0.1) is 0 Å². The van der Waals surface area contributed by atoms with Crippen LogP contribution in [0.2, 0.25) is 0 Å². The van der Waals surface area contributed by atoms with Crippen LogP contribution >= 0.6 is 0 Å². The molecule has 0 spiro atoms. The van der Waals surface area contributed by atoms with Gasteiger partial charge in [0.15, 0.2) is 0 Å².